The number of para-hydroxylation sites is 1. The van der Waals surface area contributed by atoms with Crippen molar-refractivity contribution in [2.45, 2.75) is 26.3 Å². The molecule has 0 atom stereocenters. The average molecular weight is 215 g/mol. The van der Waals surface area contributed by atoms with Gasteiger partial charge in [-0.3, -0.25) is 0 Å². The molecule has 0 spiro atoms. The maximum Gasteiger partial charge on any atom is 0.112 e. The first-order chi connectivity index (χ1) is 7.77. The van der Waals surface area contributed by atoms with Crippen molar-refractivity contribution in [3.63, 3.8) is 0 Å². The zero-order valence-electron chi connectivity index (χ0n) is 9.61. The summed E-state index contributed by atoms with van der Waals surface area (Å²) in [5, 5.41) is 0. The molecular weight excluding hydrogens is 198 g/mol. The van der Waals surface area contributed by atoms with Crippen molar-refractivity contribution in [1.29, 1.82) is 0 Å². The van der Waals surface area contributed by atoms with Gasteiger partial charge in [0.1, 0.15) is 11.3 Å². The Balaban J connectivity index is 2.65. The Bertz CT molecular complexity index is 511. The molecule has 0 fully saturated rings. The zero-order chi connectivity index (χ0) is 11.5. The molecule has 1 aromatic heterocycles. The summed E-state index contributed by atoms with van der Waals surface area (Å²) in [4.78, 5) is 4.61. The van der Waals surface area contributed by atoms with Crippen LogP contribution in [0.5, 0.6) is 0 Å². The van der Waals surface area contributed by atoms with Gasteiger partial charge in [0.25, 0.3) is 0 Å². The summed E-state index contributed by atoms with van der Waals surface area (Å²) in [5.74, 6) is 1.09. The van der Waals surface area contributed by atoms with Crippen LogP contribution in [-0.2, 0) is 13.0 Å². The zero-order valence-corrected chi connectivity index (χ0v) is 9.61. The lowest BCUT2D eigenvalue weighted by atomic mass is 10.3. The molecule has 0 saturated heterocycles. The normalized spacial score (nSPS) is 10.8. The number of anilines is 1. The van der Waals surface area contributed by atoms with Gasteiger partial charge in [0.15, 0.2) is 0 Å². The first-order valence-corrected chi connectivity index (χ1v) is 5.62. The van der Waals surface area contributed by atoms with Gasteiger partial charge < -0.3 is 10.3 Å². The summed E-state index contributed by atoms with van der Waals surface area (Å²) in [6, 6.07) is 5.92. The molecule has 2 N–H and O–H groups in total. The fourth-order valence-corrected chi connectivity index (χ4v) is 1.96. The van der Waals surface area contributed by atoms with E-state index in [2.05, 4.69) is 29.1 Å². The lowest BCUT2D eigenvalue weighted by Crippen LogP contribution is -2.01. The van der Waals surface area contributed by atoms with Crippen molar-refractivity contribution < 1.29 is 0 Å². The van der Waals surface area contributed by atoms with Crippen LogP contribution in [0.4, 0.5) is 5.69 Å². The topological polar surface area (TPSA) is 43.8 Å². The number of nitrogens with two attached hydrogens (primary N) is 1. The number of nitrogens with zero attached hydrogens (tertiary/aromatic N) is 2. The predicted molar refractivity (Wildman–Crippen MR) is 68.3 cm³/mol. The number of aryl methyl sites for hydroxylation is 1. The third-order valence-electron chi connectivity index (χ3n) is 2.67. The molecule has 84 valence electrons. The molecule has 0 amide bonds. The van der Waals surface area contributed by atoms with Crippen LogP contribution < -0.4 is 5.73 Å². The van der Waals surface area contributed by atoms with Gasteiger partial charge >= 0.3 is 0 Å². The minimum Gasteiger partial charge on any atom is -0.397 e. The van der Waals surface area contributed by atoms with E-state index in [-0.39, 0.29) is 0 Å². The second-order valence-corrected chi connectivity index (χ2v) is 3.89. The number of fused-ring (bicyclic) bond motifs is 1. The van der Waals surface area contributed by atoms with Crippen LogP contribution in [0.2, 0.25) is 0 Å². The van der Waals surface area contributed by atoms with Crippen molar-refractivity contribution in [2.75, 3.05) is 5.73 Å². The van der Waals surface area contributed by atoms with Gasteiger partial charge in [-0.05, 0) is 18.6 Å². The third-order valence-corrected chi connectivity index (χ3v) is 2.67. The van der Waals surface area contributed by atoms with Crippen LogP contribution in [0.1, 0.15) is 19.2 Å². The monoisotopic (exact) mass is 215 g/mol. The fraction of sp³-hybridized carbons (Fsp3) is 0.308. The molecule has 0 saturated carbocycles. The molecule has 2 aromatic rings. The second-order valence-electron chi connectivity index (χ2n) is 3.89. The third kappa shape index (κ3) is 1.69. The van der Waals surface area contributed by atoms with Gasteiger partial charge in [-0.1, -0.05) is 19.1 Å². The van der Waals surface area contributed by atoms with Crippen LogP contribution in [0.25, 0.3) is 11.0 Å². The minimum atomic E-state index is 0.748. The van der Waals surface area contributed by atoms with Crippen LogP contribution in [0.3, 0.4) is 0 Å². The Labute approximate surface area is 95.6 Å². The maximum atomic E-state index is 5.93. The highest BCUT2D eigenvalue weighted by atomic mass is 15.1. The Morgan fingerprint density at radius 1 is 1.50 bits per heavy atom. The summed E-state index contributed by atoms with van der Waals surface area (Å²) in [6.07, 6.45) is 3.95. The van der Waals surface area contributed by atoms with Crippen molar-refractivity contribution in [3.8, 4) is 0 Å². The Morgan fingerprint density at radius 2 is 2.31 bits per heavy atom. The lowest BCUT2D eigenvalue weighted by Gasteiger charge is -2.04. The summed E-state index contributed by atoms with van der Waals surface area (Å²) in [7, 11) is 0. The van der Waals surface area contributed by atoms with Gasteiger partial charge in [0, 0.05) is 13.0 Å². The summed E-state index contributed by atoms with van der Waals surface area (Å²) >= 11 is 0. The van der Waals surface area contributed by atoms with Crippen LogP contribution in [-0.4, -0.2) is 9.55 Å². The number of hydrogen-bond acceptors (Lipinski definition) is 2. The number of benzene rings is 1. The summed E-state index contributed by atoms with van der Waals surface area (Å²) < 4.78 is 2.18. The molecule has 16 heavy (non-hydrogen) atoms. The molecule has 0 aliphatic carbocycles. The Morgan fingerprint density at radius 3 is 3.00 bits per heavy atom. The molecule has 0 aliphatic heterocycles. The highest BCUT2D eigenvalue weighted by molar-refractivity contribution is 5.87. The van der Waals surface area contributed by atoms with Gasteiger partial charge in [0.2, 0.25) is 0 Å². The predicted octanol–water partition coefficient (Wildman–Crippen LogP) is 2.76. The molecule has 1 heterocycles. The number of imidazole rings is 1. The molecular formula is C13H17N3. The summed E-state index contributed by atoms with van der Waals surface area (Å²) in [6.45, 7) is 6.73. The van der Waals surface area contributed by atoms with Gasteiger partial charge in [-0.2, -0.15) is 0 Å². The molecule has 0 unspecified atom stereocenters. The van der Waals surface area contributed by atoms with Gasteiger partial charge in [-0.15, -0.1) is 6.58 Å². The molecule has 3 heteroatoms. The first-order valence-electron chi connectivity index (χ1n) is 5.62. The Kier molecular flexibility index (Phi) is 2.95. The van der Waals surface area contributed by atoms with E-state index >= 15 is 0 Å². The van der Waals surface area contributed by atoms with E-state index in [1.54, 1.807) is 0 Å². The number of nitrogen functional groups attached to an aromatic ring is 1. The average Bonchev–Trinajstić information content (AvgIpc) is 2.61. The van der Waals surface area contributed by atoms with E-state index in [9.17, 15) is 0 Å². The molecule has 0 bridgehead atoms. The van der Waals surface area contributed by atoms with Crippen molar-refractivity contribution in [2.24, 2.45) is 0 Å². The molecule has 1 aromatic carbocycles. The fourth-order valence-electron chi connectivity index (χ4n) is 1.96. The molecule has 0 radical (unpaired) electrons. The lowest BCUT2D eigenvalue weighted by molar-refractivity contribution is 0.734. The van der Waals surface area contributed by atoms with Crippen molar-refractivity contribution in [3.05, 3.63) is 36.7 Å². The minimum absolute atomic E-state index is 0.748. The van der Waals surface area contributed by atoms with E-state index in [0.29, 0.717) is 0 Å². The number of hydrogen-bond donors (Lipinski definition) is 1. The largest absolute Gasteiger partial charge is 0.397 e. The van der Waals surface area contributed by atoms with Crippen LogP contribution in [0.15, 0.2) is 30.9 Å². The standard InChI is InChI=1S/C13H17N3/c1-3-6-12-15-13-10(14)7-5-8-11(13)16(12)9-4-2/h4-5,7-8H,2-3,6,9,14H2,1H3. The quantitative estimate of drug-likeness (QED) is 0.629. The van der Waals surface area contributed by atoms with E-state index < -0.39 is 0 Å². The van der Waals surface area contributed by atoms with E-state index in [4.69, 9.17) is 5.73 Å². The first kappa shape index (κ1) is 10.7. The van der Waals surface area contributed by atoms with Crippen molar-refractivity contribution >= 4 is 16.7 Å². The van der Waals surface area contributed by atoms with E-state index in [1.807, 2.05) is 18.2 Å². The highest BCUT2D eigenvalue weighted by Gasteiger charge is 2.10. The van der Waals surface area contributed by atoms with E-state index in [1.165, 1.54) is 0 Å². The van der Waals surface area contributed by atoms with Crippen molar-refractivity contribution in [1.82, 2.24) is 9.55 Å². The smallest absolute Gasteiger partial charge is 0.112 e. The van der Waals surface area contributed by atoms with Crippen LogP contribution >= 0.6 is 0 Å². The molecule has 0 aliphatic rings. The number of aromatic nitrogens is 2. The van der Waals surface area contributed by atoms with Gasteiger partial charge in [0.05, 0.1) is 11.2 Å². The SMILES string of the molecule is C=CCn1c(CCC)nc2c(N)cccc21. The highest BCUT2D eigenvalue weighted by Crippen LogP contribution is 2.22. The number of allylic oxidation sites excluding steroid dienone is 1. The van der Waals surface area contributed by atoms with Gasteiger partial charge in [-0.25, -0.2) is 4.98 Å². The summed E-state index contributed by atoms with van der Waals surface area (Å²) in [5.41, 5.74) is 8.69. The van der Waals surface area contributed by atoms with E-state index in [0.717, 1.165) is 41.9 Å². The van der Waals surface area contributed by atoms with Crippen LogP contribution in [0, 0.1) is 0 Å². The molecule has 2 rings (SSSR count). The second kappa shape index (κ2) is 4.39. The number of rotatable bonds is 4. The molecule has 3 nitrogen and oxygen atoms in total. The Hall–Kier alpha value is -1.77. The maximum absolute atomic E-state index is 5.93.